The van der Waals surface area contributed by atoms with Gasteiger partial charge in [-0.25, -0.2) is 0 Å². The minimum Gasteiger partial charge on any atom is -0.512 e. The van der Waals surface area contributed by atoms with Crippen molar-refractivity contribution in [3.63, 3.8) is 0 Å². The number of carbonyl (C=O) groups excluding carboxylic acids is 1. The van der Waals surface area contributed by atoms with Crippen LogP contribution in [0, 0.1) is 56.7 Å². The average Bonchev–Trinajstić information content (AvgIpc) is 3.12. The number of rotatable bonds is 2. The molecule has 0 amide bonds. The number of aldehydes is 1. The van der Waals surface area contributed by atoms with Crippen LogP contribution >= 0.6 is 0 Å². The van der Waals surface area contributed by atoms with Crippen molar-refractivity contribution in [2.24, 2.45) is 56.7 Å². The first kappa shape index (κ1) is 22.7. The average molecular weight is 439 g/mol. The topological polar surface area (TPSA) is 37.3 Å². The van der Waals surface area contributed by atoms with Gasteiger partial charge >= 0.3 is 0 Å². The van der Waals surface area contributed by atoms with Crippen molar-refractivity contribution in [3.05, 3.63) is 24.0 Å². The van der Waals surface area contributed by atoms with Crippen LogP contribution in [0.2, 0.25) is 0 Å². The van der Waals surface area contributed by atoms with Gasteiger partial charge in [-0.15, -0.1) is 0 Å². The minimum absolute atomic E-state index is 0.0978. The van der Waals surface area contributed by atoms with Crippen molar-refractivity contribution in [3.8, 4) is 0 Å². The molecule has 0 aromatic heterocycles. The van der Waals surface area contributed by atoms with E-state index in [0.29, 0.717) is 40.8 Å². The predicted molar refractivity (Wildman–Crippen MR) is 131 cm³/mol. The third-order valence-electron chi connectivity index (χ3n) is 12.9. The molecule has 2 unspecified atom stereocenters. The second kappa shape index (κ2) is 6.76. The fourth-order valence-electron chi connectivity index (χ4n) is 11.0. The normalized spacial score (nSPS) is 53.8. The van der Waals surface area contributed by atoms with E-state index >= 15 is 0 Å². The SMILES string of the molecule is C=C(C)C1CCC2(C=O)CC[C@]3(C)[C@H](CC[C@@H]4[C@@]5(C)CC=C(O)C(C)(C)[C@@H]5CC[C@]43C)[C@@H]12. The molecule has 5 aliphatic rings. The molecule has 2 nitrogen and oxygen atoms in total. The number of hydrogen-bond donors (Lipinski definition) is 1. The van der Waals surface area contributed by atoms with E-state index in [1.165, 1.54) is 44.0 Å². The number of allylic oxidation sites excluding steroid dienone is 3. The van der Waals surface area contributed by atoms with Crippen molar-refractivity contribution in [1.82, 2.24) is 0 Å². The number of aliphatic hydroxyl groups excluding tert-OH is 1. The van der Waals surface area contributed by atoms with Gasteiger partial charge in [0.2, 0.25) is 0 Å². The second-order valence-corrected chi connectivity index (χ2v) is 14.1. The van der Waals surface area contributed by atoms with E-state index in [-0.39, 0.29) is 21.7 Å². The van der Waals surface area contributed by atoms with Crippen molar-refractivity contribution in [2.45, 2.75) is 99.3 Å². The Labute approximate surface area is 196 Å². The summed E-state index contributed by atoms with van der Waals surface area (Å²) in [6.45, 7) is 19.0. The smallest absolute Gasteiger partial charge is 0.126 e. The van der Waals surface area contributed by atoms with Gasteiger partial charge in [0.25, 0.3) is 0 Å². The van der Waals surface area contributed by atoms with E-state index in [4.69, 9.17) is 0 Å². The lowest BCUT2D eigenvalue weighted by Gasteiger charge is -2.72. The Morgan fingerprint density at radius 1 is 0.969 bits per heavy atom. The molecule has 0 aromatic rings. The van der Waals surface area contributed by atoms with Crippen molar-refractivity contribution >= 4 is 6.29 Å². The molecular formula is C30H46O2. The number of hydrogen-bond acceptors (Lipinski definition) is 2. The van der Waals surface area contributed by atoms with Gasteiger partial charge in [-0.3, -0.25) is 0 Å². The molecule has 0 spiro atoms. The van der Waals surface area contributed by atoms with Gasteiger partial charge in [-0.2, -0.15) is 0 Å². The highest BCUT2D eigenvalue weighted by molar-refractivity contribution is 5.62. The maximum absolute atomic E-state index is 12.6. The van der Waals surface area contributed by atoms with Gasteiger partial charge < -0.3 is 9.90 Å². The molecule has 0 aliphatic heterocycles. The summed E-state index contributed by atoms with van der Waals surface area (Å²) in [5.41, 5.74) is 1.92. The van der Waals surface area contributed by atoms with E-state index in [1.54, 1.807) is 0 Å². The number of fused-ring (bicyclic) bond motifs is 7. The lowest BCUT2D eigenvalue weighted by atomic mass is 9.33. The third-order valence-corrected chi connectivity index (χ3v) is 12.9. The van der Waals surface area contributed by atoms with Crippen LogP contribution in [0.25, 0.3) is 0 Å². The molecule has 5 rings (SSSR count). The summed E-state index contributed by atoms with van der Waals surface area (Å²) in [5, 5.41) is 10.7. The highest BCUT2D eigenvalue weighted by Crippen LogP contribution is 2.77. The maximum atomic E-state index is 12.6. The number of carbonyl (C=O) groups is 1. The Hall–Kier alpha value is -1.05. The first-order chi connectivity index (χ1) is 14.9. The Morgan fingerprint density at radius 2 is 1.69 bits per heavy atom. The van der Waals surface area contributed by atoms with Gasteiger partial charge in [-0.05, 0) is 117 Å². The first-order valence-corrected chi connectivity index (χ1v) is 13.4. The molecule has 1 N–H and O–H groups in total. The Kier molecular flexibility index (Phi) is 4.80. The quantitative estimate of drug-likeness (QED) is 0.351. The predicted octanol–water partition coefficient (Wildman–Crippen LogP) is 7.89. The molecule has 4 fully saturated rings. The summed E-state index contributed by atoms with van der Waals surface area (Å²) in [5.74, 6) is 3.49. The van der Waals surface area contributed by atoms with Crippen LogP contribution in [0.3, 0.4) is 0 Å². The fourth-order valence-corrected chi connectivity index (χ4v) is 11.0. The Balaban J connectivity index is 1.57. The molecule has 5 aliphatic carbocycles. The highest BCUT2D eigenvalue weighted by Gasteiger charge is 2.70. The van der Waals surface area contributed by atoms with Crippen molar-refractivity contribution in [1.29, 1.82) is 0 Å². The summed E-state index contributed by atoms with van der Waals surface area (Å²) in [4.78, 5) is 12.6. The van der Waals surface area contributed by atoms with E-state index in [9.17, 15) is 9.90 Å². The minimum atomic E-state index is -0.123. The van der Waals surface area contributed by atoms with Crippen molar-refractivity contribution < 1.29 is 9.90 Å². The van der Waals surface area contributed by atoms with E-state index in [2.05, 4.69) is 54.2 Å². The van der Waals surface area contributed by atoms with E-state index < -0.39 is 0 Å². The van der Waals surface area contributed by atoms with Crippen molar-refractivity contribution in [2.75, 3.05) is 0 Å². The first-order valence-electron chi connectivity index (χ1n) is 13.4. The number of aliphatic hydroxyl groups is 1. The van der Waals surface area contributed by atoms with Crippen LogP contribution in [-0.2, 0) is 4.79 Å². The standard InChI is InChI=1S/C30H46O2/c1-19(2)20-10-15-30(18-31)17-16-28(6)21(25(20)30)8-9-23-27(5)13-12-24(32)26(3,4)22(27)11-14-29(23,28)7/h12,18,20-23,25,32H,1,8-11,13-17H2,2-7H3/t20?,21-,22+,23-,25-,27+,28-,29-,30?/m1/s1. The van der Waals surface area contributed by atoms with Crippen LogP contribution in [0.15, 0.2) is 24.0 Å². The van der Waals surface area contributed by atoms with Gasteiger partial charge in [0.1, 0.15) is 6.29 Å². The third kappa shape index (κ3) is 2.51. The summed E-state index contributed by atoms with van der Waals surface area (Å²) < 4.78 is 0. The summed E-state index contributed by atoms with van der Waals surface area (Å²) >= 11 is 0. The molecule has 4 saturated carbocycles. The highest BCUT2D eigenvalue weighted by atomic mass is 16.3. The van der Waals surface area contributed by atoms with Crippen LogP contribution in [0.1, 0.15) is 99.3 Å². The molecule has 0 saturated heterocycles. The van der Waals surface area contributed by atoms with E-state index in [0.717, 1.165) is 25.7 Å². The molecule has 32 heavy (non-hydrogen) atoms. The van der Waals surface area contributed by atoms with E-state index in [1.807, 2.05) is 0 Å². The molecule has 0 bridgehead atoms. The lowest BCUT2D eigenvalue weighted by Crippen LogP contribution is -2.65. The largest absolute Gasteiger partial charge is 0.512 e. The molecule has 0 heterocycles. The zero-order valence-electron chi connectivity index (χ0n) is 21.5. The van der Waals surface area contributed by atoms with Crippen LogP contribution < -0.4 is 0 Å². The summed E-state index contributed by atoms with van der Waals surface area (Å²) in [7, 11) is 0. The zero-order chi connectivity index (χ0) is 23.3. The van der Waals surface area contributed by atoms with Crippen LogP contribution in [0.4, 0.5) is 0 Å². The van der Waals surface area contributed by atoms with Crippen LogP contribution in [-0.4, -0.2) is 11.4 Å². The molecule has 178 valence electrons. The maximum Gasteiger partial charge on any atom is 0.126 e. The Bertz CT molecular complexity index is 868. The van der Waals surface area contributed by atoms with Gasteiger partial charge in [0.15, 0.2) is 0 Å². The second-order valence-electron chi connectivity index (χ2n) is 14.1. The van der Waals surface area contributed by atoms with Crippen LogP contribution in [0.5, 0.6) is 0 Å². The summed E-state index contributed by atoms with van der Waals surface area (Å²) in [6, 6.07) is 0. The lowest BCUT2D eigenvalue weighted by molar-refractivity contribution is -0.226. The molecule has 0 radical (unpaired) electrons. The zero-order valence-corrected chi connectivity index (χ0v) is 21.5. The monoisotopic (exact) mass is 438 g/mol. The summed E-state index contributed by atoms with van der Waals surface area (Å²) in [6.07, 6.45) is 14.1. The van der Waals surface area contributed by atoms with Gasteiger partial charge in [-0.1, -0.05) is 46.8 Å². The molecular weight excluding hydrogens is 392 g/mol. The molecule has 0 aromatic carbocycles. The molecule has 9 atom stereocenters. The van der Waals surface area contributed by atoms with Gasteiger partial charge in [0, 0.05) is 10.8 Å². The van der Waals surface area contributed by atoms with Gasteiger partial charge in [0.05, 0.1) is 5.76 Å². The fraction of sp³-hybridized carbons (Fsp3) is 0.833. The molecule has 2 heteroatoms. The Morgan fingerprint density at radius 3 is 2.34 bits per heavy atom.